The first-order valence-electron chi connectivity index (χ1n) is 11.3. The van der Waals surface area contributed by atoms with Crippen molar-refractivity contribution in [3.05, 3.63) is 65.6 Å². The van der Waals surface area contributed by atoms with Crippen LogP contribution in [-0.2, 0) is 30.8 Å². The van der Waals surface area contributed by atoms with Crippen LogP contribution in [0.2, 0.25) is 0 Å². The van der Waals surface area contributed by atoms with Gasteiger partial charge in [0.05, 0.1) is 18.0 Å². The molecule has 2 amide bonds. The number of hydrogen-bond donors (Lipinski definition) is 3. The first-order chi connectivity index (χ1) is 16.8. The maximum atomic E-state index is 13.6. The lowest BCUT2D eigenvalue weighted by molar-refractivity contribution is -0.140. The van der Waals surface area contributed by atoms with Crippen LogP contribution < -0.4 is 10.6 Å². The number of carbonyl (C=O) groups excluding carboxylic acids is 2. The topological polar surface area (TPSA) is 121 Å². The second-order valence-electron chi connectivity index (χ2n) is 8.28. The molecule has 0 aliphatic carbocycles. The van der Waals surface area contributed by atoms with Crippen LogP contribution in [-0.4, -0.2) is 62.0 Å². The third-order valence-corrected chi connectivity index (χ3v) is 7.77. The zero-order chi connectivity index (χ0) is 25.0. The number of hydrogen-bond acceptors (Lipinski definition) is 5. The molecule has 2 heterocycles. The molecule has 2 aromatic carbocycles. The fourth-order valence-electron chi connectivity index (χ4n) is 4.01. The zero-order valence-electron chi connectivity index (χ0n) is 19.2. The van der Waals surface area contributed by atoms with Gasteiger partial charge in [0.2, 0.25) is 10.0 Å². The van der Waals surface area contributed by atoms with Gasteiger partial charge < -0.3 is 20.4 Å². The number of rotatable bonds is 7. The van der Waals surface area contributed by atoms with Crippen molar-refractivity contribution in [2.75, 3.05) is 26.2 Å². The highest BCUT2D eigenvalue weighted by Gasteiger charge is 2.35. The highest BCUT2D eigenvalue weighted by Crippen LogP contribution is 2.23. The van der Waals surface area contributed by atoms with Gasteiger partial charge in [0, 0.05) is 30.2 Å². The number of benzene rings is 2. The fraction of sp³-hybridized carbons (Fsp3) is 0.333. The van der Waals surface area contributed by atoms with E-state index in [1.807, 2.05) is 30.5 Å². The van der Waals surface area contributed by atoms with E-state index in [4.69, 9.17) is 4.74 Å². The zero-order valence-corrected chi connectivity index (χ0v) is 20.0. The molecule has 0 spiro atoms. The molecule has 35 heavy (non-hydrogen) atoms. The Morgan fingerprint density at radius 2 is 1.94 bits per heavy atom. The minimum atomic E-state index is -3.99. The van der Waals surface area contributed by atoms with Crippen molar-refractivity contribution in [1.82, 2.24) is 19.9 Å². The number of aryl methyl sites for hydroxylation is 1. The van der Waals surface area contributed by atoms with Gasteiger partial charge >= 0.3 is 11.8 Å². The lowest BCUT2D eigenvalue weighted by Gasteiger charge is -2.34. The number of nitrogens with zero attached hydrogens (tertiary/aromatic N) is 1. The molecule has 0 bridgehead atoms. The average Bonchev–Trinajstić information content (AvgIpc) is 3.27. The molecular weight excluding hydrogens is 475 g/mol. The number of carbonyl (C=O) groups is 2. The van der Waals surface area contributed by atoms with Crippen LogP contribution in [0.4, 0.5) is 4.39 Å². The Hall–Kier alpha value is -3.28. The van der Waals surface area contributed by atoms with Crippen molar-refractivity contribution in [3.8, 4) is 0 Å². The van der Waals surface area contributed by atoms with E-state index in [1.165, 1.54) is 19.1 Å². The molecule has 4 rings (SSSR count). The van der Waals surface area contributed by atoms with Gasteiger partial charge in [-0.2, -0.15) is 4.31 Å². The summed E-state index contributed by atoms with van der Waals surface area (Å²) in [5.74, 6) is -2.20. The monoisotopic (exact) mass is 502 g/mol. The molecule has 1 atom stereocenters. The summed E-state index contributed by atoms with van der Waals surface area (Å²) < 4.78 is 46.5. The molecule has 0 radical (unpaired) electrons. The predicted octanol–water partition coefficient (Wildman–Crippen LogP) is 1.83. The van der Waals surface area contributed by atoms with Crippen LogP contribution in [0.1, 0.15) is 17.5 Å². The third-order valence-electron chi connectivity index (χ3n) is 5.89. The summed E-state index contributed by atoms with van der Waals surface area (Å²) in [4.78, 5) is 27.6. The number of amides is 2. The van der Waals surface area contributed by atoms with Crippen LogP contribution in [0.15, 0.2) is 53.6 Å². The Kier molecular flexibility index (Phi) is 7.48. The van der Waals surface area contributed by atoms with Gasteiger partial charge in [-0.15, -0.1) is 0 Å². The summed E-state index contributed by atoms with van der Waals surface area (Å²) in [7, 11) is -3.99. The van der Waals surface area contributed by atoms with Gasteiger partial charge in [-0.25, -0.2) is 12.8 Å². The molecule has 1 fully saturated rings. The molecule has 0 saturated carbocycles. The van der Waals surface area contributed by atoms with Gasteiger partial charge in [0.1, 0.15) is 12.0 Å². The maximum absolute atomic E-state index is 13.6. The molecule has 3 aromatic rings. The van der Waals surface area contributed by atoms with E-state index in [-0.39, 0.29) is 30.1 Å². The van der Waals surface area contributed by atoms with Crippen molar-refractivity contribution < 1.29 is 27.1 Å². The summed E-state index contributed by atoms with van der Waals surface area (Å²) in [5, 5.41) is 6.08. The molecule has 11 heteroatoms. The van der Waals surface area contributed by atoms with Gasteiger partial charge in [0.15, 0.2) is 0 Å². The molecule has 186 valence electrons. The van der Waals surface area contributed by atoms with Gasteiger partial charge in [0.25, 0.3) is 0 Å². The van der Waals surface area contributed by atoms with E-state index in [1.54, 1.807) is 0 Å². The van der Waals surface area contributed by atoms with Gasteiger partial charge in [-0.1, -0.05) is 18.2 Å². The minimum Gasteiger partial charge on any atom is -0.361 e. The van der Waals surface area contributed by atoms with E-state index in [2.05, 4.69) is 15.6 Å². The SMILES string of the molecule is Cc1cc(S(=O)(=O)N2CCCO[C@@H]2CNC(=O)C(=O)NCCc2c[nH]c3ccccc23)ccc1F. The standard InChI is InChI=1S/C24H27FN4O5S/c1-16-13-18(7-8-20(16)25)35(32,33)29-11-4-12-34-22(29)15-28-24(31)23(30)26-10-9-17-14-27-21-6-3-2-5-19(17)21/h2-3,5-8,13-14,22,27H,4,9-12,15H2,1H3,(H,26,30)(H,28,31)/t22-/m1/s1. The number of H-pyrrole nitrogens is 1. The number of ether oxygens (including phenoxy) is 1. The van der Waals surface area contributed by atoms with Crippen molar-refractivity contribution in [1.29, 1.82) is 0 Å². The lowest BCUT2D eigenvalue weighted by atomic mass is 10.1. The summed E-state index contributed by atoms with van der Waals surface area (Å²) in [6.07, 6.45) is 1.90. The average molecular weight is 503 g/mol. The number of halogens is 1. The Balaban J connectivity index is 1.32. The summed E-state index contributed by atoms with van der Waals surface area (Å²) in [6.45, 7) is 2.03. The number of para-hydroxylation sites is 1. The molecule has 1 aromatic heterocycles. The van der Waals surface area contributed by atoms with Crippen molar-refractivity contribution in [2.24, 2.45) is 0 Å². The Bertz CT molecular complexity index is 1340. The first kappa shape index (κ1) is 24.8. The fourth-order valence-corrected chi connectivity index (χ4v) is 5.66. The second-order valence-corrected chi connectivity index (χ2v) is 10.2. The molecular formula is C24H27FN4O5S. The van der Waals surface area contributed by atoms with Crippen LogP contribution in [0.5, 0.6) is 0 Å². The third kappa shape index (κ3) is 5.53. The van der Waals surface area contributed by atoms with Crippen molar-refractivity contribution in [3.63, 3.8) is 0 Å². The van der Waals surface area contributed by atoms with Crippen molar-refractivity contribution in [2.45, 2.75) is 30.9 Å². The van der Waals surface area contributed by atoms with E-state index in [0.29, 0.717) is 19.4 Å². The molecule has 1 saturated heterocycles. The number of fused-ring (bicyclic) bond motifs is 1. The molecule has 1 aliphatic heterocycles. The van der Waals surface area contributed by atoms with Crippen LogP contribution in [0.3, 0.4) is 0 Å². The Morgan fingerprint density at radius 1 is 1.17 bits per heavy atom. The van der Waals surface area contributed by atoms with Crippen LogP contribution >= 0.6 is 0 Å². The smallest absolute Gasteiger partial charge is 0.309 e. The quantitative estimate of drug-likeness (QED) is 0.426. The normalized spacial score (nSPS) is 16.8. The first-order valence-corrected chi connectivity index (χ1v) is 12.7. The summed E-state index contributed by atoms with van der Waals surface area (Å²) >= 11 is 0. The summed E-state index contributed by atoms with van der Waals surface area (Å²) in [6, 6.07) is 11.4. The van der Waals surface area contributed by atoms with Gasteiger partial charge in [-0.05, 0) is 55.2 Å². The molecule has 9 nitrogen and oxygen atoms in total. The van der Waals surface area contributed by atoms with Gasteiger partial charge in [-0.3, -0.25) is 9.59 Å². The van der Waals surface area contributed by atoms with E-state index < -0.39 is 33.9 Å². The molecule has 0 unspecified atom stereocenters. The second kappa shape index (κ2) is 10.5. The van der Waals surface area contributed by atoms with E-state index in [9.17, 15) is 22.4 Å². The van der Waals surface area contributed by atoms with Crippen LogP contribution in [0.25, 0.3) is 10.9 Å². The minimum absolute atomic E-state index is 0.0618. The number of nitrogens with one attached hydrogen (secondary N) is 3. The Morgan fingerprint density at radius 3 is 2.74 bits per heavy atom. The highest BCUT2D eigenvalue weighted by atomic mass is 32.2. The number of sulfonamides is 1. The largest absolute Gasteiger partial charge is 0.361 e. The van der Waals surface area contributed by atoms with E-state index >= 15 is 0 Å². The maximum Gasteiger partial charge on any atom is 0.309 e. The predicted molar refractivity (Wildman–Crippen MR) is 127 cm³/mol. The number of aromatic nitrogens is 1. The van der Waals surface area contributed by atoms with Crippen LogP contribution in [0, 0.1) is 12.7 Å². The Labute approximate surface area is 202 Å². The molecule has 3 N–H and O–H groups in total. The summed E-state index contributed by atoms with van der Waals surface area (Å²) in [5.41, 5.74) is 2.22. The van der Waals surface area contributed by atoms with E-state index in [0.717, 1.165) is 26.8 Å². The lowest BCUT2D eigenvalue weighted by Crippen LogP contribution is -2.53. The van der Waals surface area contributed by atoms with Crippen molar-refractivity contribution >= 4 is 32.7 Å². The number of aromatic amines is 1. The molecule has 1 aliphatic rings. The highest BCUT2D eigenvalue weighted by molar-refractivity contribution is 7.89.